The van der Waals surface area contributed by atoms with Crippen molar-refractivity contribution in [2.45, 2.75) is 39.3 Å². The lowest BCUT2D eigenvalue weighted by atomic mass is 10.0. The number of nitrogens with zero attached hydrogens (tertiary/aromatic N) is 4. The van der Waals surface area contributed by atoms with Gasteiger partial charge in [0.2, 0.25) is 5.62 Å². The molecule has 0 aliphatic carbocycles. The molecule has 31 heavy (non-hydrogen) atoms. The Morgan fingerprint density at radius 1 is 1.00 bits per heavy atom. The van der Waals surface area contributed by atoms with E-state index >= 15 is 0 Å². The topological polar surface area (TPSA) is 68.7 Å². The Morgan fingerprint density at radius 2 is 1.77 bits per heavy atom. The number of aryl methyl sites for hydroxylation is 2. The van der Waals surface area contributed by atoms with Gasteiger partial charge in [0.15, 0.2) is 5.65 Å². The molecule has 4 aromatic rings. The van der Waals surface area contributed by atoms with Gasteiger partial charge < -0.3 is 9.30 Å². The maximum Gasteiger partial charge on any atom is 0.205 e. The summed E-state index contributed by atoms with van der Waals surface area (Å²) >= 11 is 0. The molecule has 1 aromatic carbocycles. The quantitative estimate of drug-likeness (QED) is 0.487. The Morgan fingerprint density at radius 3 is 2.45 bits per heavy atom. The van der Waals surface area contributed by atoms with Crippen molar-refractivity contribution in [2.24, 2.45) is 0 Å². The van der Waals surface area contributed by atoms with Crippen molar-refractivity contribution in [3.8, 4) is 0 Å². The van der Waals surface area contributed by atoms with E-state index in [9.17, 15) is 0 Å². The first-order valence-corrected chi connectivity index (χ1v) is 10.6. The highest BCUT2D eigenvalue weighted by atomic mass is 16.5. The van der Waals surface area contributed by atoms with E-state index in [-0.39, 0.29) is 12.1 Å². The van der Waals surface area contributed by atoms with Gasteiger partial charge in [0.25, 0.3) is 0 Å². The highest BCUT2D eigenvalue weighted by Gasteiger charge is 2.23. The Hall–Kier alpha value is -3.25. The second-order valence-electron chi connectivity index (χ2n) is 8.12. The average molecular weight is 416 g/mol. The van der Waals surface area contributed by atoms with Gasteiger partial charge in [-0.05, 0) is 56.5 Å². The highest BCUT2D eigenvalue weighted by molar-refractivity contribution is 5.71. The molecule has 2 atom stereocenters. The van der Waals surface area contributed by atoms with E-state index in [4.69, 9.17) is 10.1 Å². The minimum atomic E-state index is -0.0453. The summed E-state index contributed by atoms with van der Waals surface area (Å²) in [5, 5.41) is 9.12. The summed E-state index contributed by atoms with van der Waals surface area (Å²) in [5.74, 6) is 0. The molecule has 3 heterocycles. The maximum atomic E-state index is 9.12. The Balaban J connectivity index is 1.83. The molecule has 0 spiro atoms. The molecule has 0 fully saturated rings. The summed E-state index contributed by atoms with van der Waals surface area (Å²) in [6.07, 6.45) is 4.45. The van der Waals surface area contributed by atoms with Crippen molar-refractivity contribution in [3.05, 3.63) is 88.9 Å². The van der Waals surface area contributed by atoms with Crippen LogP contribution in [-0.4, -0.2) is 32.8 Å². The van der Waals surface area contributed by atoms with Crippen molar-refractivity contribution >= 4 is 11.2 Å². The van der Waals surface area contributed by atoms with Gasteiger partial charge in [-0.1, -0.05) is 35.9 Å². The van der Waals surface area contributed by atoms with Crippen molar-refractivity contribution in [2.75, 3.05) is 13.7 Å². The highest BCUT2D eigenvalue weighted by Crippen LogP contribution is 2.24. The van der Waals surface area contributed by atoms with Crippen molar-refractivity contribution < 1.29 is 4.74 Å². The largest absolute Gasteiger partial charge is 0.383 e. The Kier molecular flexibility index (Phi) is 6.00. The molecule has 0 aliphatic rings. The smallest absolute Gasteiger partial charge is 0.205 e. The number of nitrogens with one attached hydrogen (secondary N) is 1. The number of aromatic nitrogens is 4. The number of benzene rings is 1. The van der Waals surface area contributed by atoms with E-state index in [1.165, 1.54) is 11.1 Å². The molecule has 3 aromatic heterocycles. The standard InChI is InChI=1S/C25H29N5O/c1-17-7-10-20(11-8-17)14-22(16-31-4)30-24-23(6-5-13-27-24)29(25(30)26)19(3)21-12-9-18(2)28-15-21/h5-13,15,19,22,26H,14,16H2,1-4H3. The zero-order valence-corrected chi connectivity index (χ0v) is 18.5. The van der Waals surface area contributed by atoms with Crippen molar-refractivity contribution in [1.29, 1.82) is 5.41 Å². The van der Waals surface area contributed by atoms with Crippen LogP contribution in [0.2, 0.25) is 0 Å². The van der Waals surface area contributed by atoms with Gasteiger partial charge >= 0.3 is 0 Å². The van der Waals surface area contributed by atoms with Gasteiger partial charge in [0.05, 0.1) is 24.2 Å². The minimum Gasteiger partial charge on any atom is -0.383 e. The molecular formula is C25H29N5O. The summed E-state index contributed by atoms with van der Waals surface area (Å²) < 4.78 is 9.62. The van der Waals surface area contributed by atoms with Crippen LogP contribution in [0, 0.1) is 19.3 Å². The third kappa shape index (κ3) is 4.16. The third-order valence-corrected chi connectivity index (χ3v) is 5.83. The monoisotopic (exact) mass is 415 g/mol. The van der Waals surface area contributed by atoms with E-state index in [1.807, 2.05) is 40.5 Å². The van der Waals surface area contributed by atoms with Crippen LogP contribution in [0.4, 0.5) is 0 Å². The van der Waals surface area contributed by atoms with Gasteiger partial charge in [0.1, 0.15) is 0 Å². The Bertz CT molecular complexity index is 1220. The molecule has 160 valence electrons. The summed E-state index contributed by atoms with van der Waals surface area (Å²) in [4.78, 5) is 9.12. The molecule has 0 bridgehead atoms. The van der Waals surface area contributed by atoms with E-state index in [0.29, 0.717) is 12.2 Å². The molecule has 4 rings (SSSR count). The first kappa shape index (κ1) is 21.0. The summed E-state index contributed by atoms with van der Waals surface area (Å²) in [6.45, 7) is 6.67. The first-order valence-electron chi connectivity index (χ1n) is 10.6. The molecule has 0 saturated carbocycles. The van der Waals surface area contributed by atoms with Crippen LogP contribution < -0.4 is 5.62 Å². The lowest BCUT2D eigenvalue weighted by molar-refractivity contribution is 0.153. The number of rotatable bonds is 7. The molecule has 0 saturated heterocycles. The second kappa shape index (κ2) is 8.86. The van der Waals surface area contributed by atoms with Crippen LogP contribution in [0.5, 0.6) is 0 Å². The van der Waals surface area contributed by atoms with E-state index < -0.39 is 0 Å². The maximum absolute atomic E-state index is 9.12. The number of hydrogen-bond donors (Lipinski definition) is 1. The van der Waals surface area contributed by atoms with E-state index in [0.717, 1.165) is 28.8 Å². The molecule has 6 nitrogen and oxygen atoms in total. The van der Waals surface area contributed by atoms with Crippen LogP contribution in [-0.2, 0) is 11.2 Å². The number of imidazole rings is 1. The number of fused-ring (bicyclic) bond motifs is 1. The molecule has 0 amide bonds. The van der Waals surface area contributed by atoms with Crippen LogP contribution in [0.3, 0.4) is 0 Å². The molecule has 6 heteroatoms. The molecule has 0 radical (unpaired) electrons. The van der Waals surface area contributed by atoms with Gasteiger partial charge in [-0.15, -0.1) is 0 Å². The molecular weight excluding hydrogens is 386 g/mol. The third-order valence-electron chi connectivity index (χ3n) is 5.83. The Labute approximate surface area is 182 Å². The van der Waals surface area contributed by atoms with Crippen LogP contribution in [0.25, 0.3) is 11.2 Å². The summed E-state index contributed by atoms with van der Waals surface area (Å²) in [6, 6.07) is 16.5. The van der Waals surface area contributed by atoms with Crippen molar-refractivity contribution in [3.63, 3.8) is 0 Å². The average Bonchev–Trinajstić information content (AvgIpc) is 3.06. The minimum absolute atomic E-state index is 0.0396. The summed E-state index contributed by atoms with van der Waals surface area (Å²) in [7, 11) is 1.71. The molecule has 2 unspecified atom stereocenters. The van der Waals surface area contributed by atoms with Crippen LogP contribution >= 0.6 is 0 Å². The van der Waals surface area contributed by atoms with E-state index in [1.54, 1.807) is 13.3 Å². The number of ether oxygens (including phenoxy) is 1. The predicted molar refractivity (Wildman–Crippen MR) is 122 cm³/mol. The molecule has 1 N–H and O–H groups in total. The first-order chi connectivity index (χ1) is 15.0. The predicted octanol–water partition coefficient (Wildman–Crippen LogP) is 4.37. The lowest BCUT2D eigenvalue weighted by Gasteiger charge is -2.19. The number of methoxy groups -OCH3 is 1. The van der Waals surface area contributed by atoms with Gasteiger partial charge in [-0.25, -0.2) is 4.98 Å². The van der Waals surface area contributed by atoms with Crippen LogP contribution in [0.1, 0.15) is 41.4 Å². The zero-order chi connectivity index (χ0) is 22.0. The van der Waals surface area contributed by atoms with E-state index in [2.05, 4.69) is 54.1 Å². The van der Waals surface area contributed by atoms with Crippen LogP contribution in [0.15, 0.2) is 60.9 Å². The van der Waals surface area contributed by atoms with Gasteiger partial charge in [-0.3, -0.25) is 15.0 Å². The van der Waals surface area contributed by atoms with Gasteiger partial charge in [0, 0.05) is 25.2 Å². The number of hydrogen-bond acceptors (Lipinski definition) is 4. The fourth-order valence-electron chi connectivity index (χ4n) is 4.12. The molecule has 0 aliphatic heterocycles. The SMILES string of the molecule is COCC(Cc1ccc(C)cc1)n1c(=N)n(C(C)c2ccc(C)nc2)c2cccnc21. The zero-order valence-electron chi connectivity index (χ0n) is 18.5. The normalized spacial score (nSPS) is 13.4. The number of pyridine rings is 2. The summed E-state index contributed by atoms with van der Waals surface area (Å²) in [5.41, 5.74) is 6.64. The fourth-order valence-corrected chi connectivity index (χ4v) is 4.12. The fraction of sp³-hybridized carbons (Fsp3) is 0.320. The van der Waals surface area contributed by atoms with Gasteiger partial charge in [-0.2, -0.15) is 0 Å². The second-order valence-corrected chi connectivity index (χ2v) is 8.12. The lowest BCUT2D eigenvalue weighted by Crippen LogP contribution is -2.32. The van der Waals surface area contributed by atoms with Crippen molar-refractivity contribution in [1.82, 2.24) is 19.1 Å².